The fourth-order valence-electron chi connectivity index (χ4n) is 3.65. The van der Waals surface area contributed by atoms with Crippen LogP contribution < -0.4 is 0 Å². The molecule has 23 heavy (non-hydrogen) atoms. The van der Waals surface area contributed by atoms with Crippen molar-refractivity contribution in [2.75, 3.05) is 13.2 Å². The number of aromatic nitrogens is 2. The molecule has 4 rings (SSSR count). The summed E-state index contributed by atoms with van der Waals surface area (Å²) in [6, 6.07) is 2.85. The average Bonchev–Trinajstić information content (AvgIpc) is 2.60. The summed E-state index contributed by atoms with van der Waals surface area (Å²) in [4.78, 5) is 22.9. The van der Waals surface area contributed by atoms with Gasteiger partial charge in [0.15, 0.2) is 0 Å². The molecule has 6 heteroatoms. The molecule has 1 saturated heterocycles. The number of nitrogens with zero attached hydrogens (tertiary/aromatic N) is 3. The molecular weight excluding hydrogens is 297 g/mol. The molecule has 2 heterocycles. The molecular formula is C17H18FN3O2. The van der Waals surface area contributed by atoms with Gasteiger partial charge in [-0.25, -0.2) is 4.39 Å². The first-order valence-corrected chi connectivity index (χ1v) is 8.07. The molecule has 0 N–H and O–H groups in total. The maximum absolute atomic E-state index is 14.4. The first-order chi connectivity index (χ1) is 11.2. The van der Waals surface area contributed by atoms with Crippen molar-refractivity contribution in [2.45, 2.75) is 37.8 Å². The first-order valence-electron chi connectivity index (χ1n) is 8.07. The molecule has 0 radical (unpaired) electrons. The largest absolute Gasteiger partial charge is 0.374 e. The topological polar surface area (TPSA) is 55.3 Å². The molecule has 1 aromatic carbocycles. The van der Waals surface area contributed by atoms with E-state index in [1.165, 1.54) is 18.3 Å². The van der Waals surface area contributed by atoms with E-state index in [1.807, 2.05) is 0 Å². The summed E-state index contributed by atoms with van der Waals surface area (Å²) in [6.07, 6.45) is 7.25. The van der Waals surface area contributed by atoms with Gasteiger partial charge < -0.3 is 9.64 Å². The Hall–Kier alpha value is -2.08. The number of carbonyl (C=O) groups excluding carboxylic acids is 1. The van der Waals surface area contributed by atoms with Gasteiger partial charge in [-0.3, -0.25) is 14.8 Å². The van der Waals surface area contributed by atoms with Crippen LogP contribution >= 0.6 is 0 Å². The van der Waals surface area contributed by atoms with E-state index < -0.39 is 5.82 Å². The monoisotopic (exact) mass is 315 g/mol. The quantitative estimate of drug-likeness (QED) is 0.811. The smallest absolute Gasteiger partial charge is 0.257 e. The molecule has 0 spiro atoms. The Morgan fingerprint density at radius 2 is 1.91 bits per heavy atom. The lowest BCUT2D eigenvalue weighted by Crippen LogP contribution is -2.55. The van der Waals surface area contributed by atoms with Gasteiger partial charge in [-0.05, 0) is 18.9 Å². The van der Waals surface area contributed by atoms with Gasteiger partial charge in [0.05, 0.1) is 35.3 Å². The molecule has 2 aromatic rings. The van der Waals surface area contributed by atoms with E-state index in [-0.39, 0.29) is 23.6 Å². The fourth-order valence-corrected chi connectivity index (χ4v) is 3.65. The summed E-state index contributed by atoms with van der Waals surface area (Å²) in [6.45, 7) is 1.03. The fraction of sp³-hybridized carbons (Fsp3) is 0.471. The molecule has 2 atom stereocenters. The standard InChI is InChI=1S/C17H18FN3O2/c18-12-10-14-13(19-5-6-20-14)9-11(12)17(22)21-7-8-23-16-4-2-1-3-15(16)21/h5-6,9-10,15-16H,1-4,7-8H2/t15-,16+/m1/s1. The summed E-state index contributed by atoms with van der Waals surface area (Å²) in [5.74, 6) is -0.808. The highest BCUT2D eigenvalue weighted by Gasteiger charge is 2.37. The maximum atomic E-state index is 14.4. The summed E-state index contributed by atoms with van der Waals surface area (Å²) in [7, 11) is 0. The van der Waals surface area contributed by atoms with Crippen LogP contribution in [0.5, 0.6) is 0 Å². The Kier molecular flexibility index (Phi) is 3.69. The van der Waals surface area contributed by atoms with Crippen LogP contribution in [0, 0.1) is 5.82 Å². The summed E-state index contributed by atoms with van der Waals surface area (Å²) in [5, 5.41) is 0. The van der Waals surface area contributed by atoms with Crippen LogP contribution in [0.25, 0.3) is 11.0 Å². The third-order valence-corrected chi connectivity index (χ3v) is 4.78. The van der Waals surface area contributed by atoms with E-state index in [1.54, 1.807) is 11.1 Å². The molecule has 5 nitrogen and oxygen atoms in total. The number of hydrogen-bond acceptors (Lipinski definition) is 4. The van der Waals surface area contributed by atoms with Crippen molar-refractivity contribution >= 4 is 16.9 Å². The molecule has 2 aliphatic rings. The van der Waals surface area contributed by atoms with E-state index >= 15 is 0 Å². The lowest BCUT2D eigenvalue weighted by Gasteiger charge is -2.43. The molecule has 1 aliphatic heterocycles. The number of amides is 1. The Labute approximate surface area is 133 Å². The van der Waals surface area contributed by atoms with Gasteiger partial charge in [0.25, 0.3) is 5.91 Å². The van der Waals surface area contributed by atoms with Crippen molar-refractivity contribution < 1.29 is 13.9 Å². The second kappa shape index (κ2) is 5.85. The van der Waals surface area contributed by atoms with E-state index in [0.717, 1.165) is 25.7 Å². The van der Waals surface area contributed by atoms with Crippen LogP contribution in [0.1, 0.15) is 36.0 Å². The normalized spacial score (nSPS) is 24.5. The third kappa shape index (κ3) is 2.57. The number of carbonyl (C=O) groups is 1. The Morgan fingerprint density at radius 3 is 2.74 bits per heavy atom. The predicted molar refractivity (Wildman–Crippen MR) is 82.5 cm³/mol. The van der Waals surface area contributed by atoms with Gasteiger partial charge >= 0.3 is 0 Å². The van der Waals surface area contributed by atoms with Crippen molar-refractivity contribution in [1.82, 2.24) is 14.9 Å². The molecule has 1 aliphatic carbocycles. The SMILES string of the molecule is O=C(c1cc2nccnc2cc1F)N1CCO[C@H]2CCCC[C@H]21. The first kappa shape index (κ1) is 14.5. The van der Waals surface area contributed by atoms with Gasteiger partial charge in [0, 0.05) is 25.0 Å². The molecule has 0 bridgehead atoms. The Morgan fingerprint density at radius 1 is 1.17 bits per heavy atom. The van der Waals surface area contributed by atoms with E-state index in [2.05, 4.69) is 9.97 Å². The van der Waals surface area contributed by atoms with Crippen molar-refractivity contribution in [3.8, 4) is 0 Å². The molecule has 2 fully saturated rings. The average molecular weight is 315 g/mol. The van der Waals surface area contributed by atoms with Crippen molar-refractivity contribution in [3.05, 3.63) is 35.9 Å². The zero-order chi connectivity index (χ0) is 15.8. The lowest BCUT2D eigenvalue weighted by molar-refractivity contribution is -0.0753. The molecule has 120 valence electrons. The van der Waals surface area contributed by atoms with Gasteiger partial charge in [-0.1, -0.05) is 12.8 Å². The Balaban J connectivity index is 1.69. The summed E-state index contributed by atoms with van der Waals surface area (Å²) < 4.78 is 20.2. The maximum Gasteiger partial charge on any atom is 0.257 e. The highest BCUT2D eigenvalue weighted by molar-refractivity contribution is 5.97. The minimum Gasteiger partial charge on any atom is -0.374 e. The molecule has 1 saturated carbocycles. The summed E-state index contributed by atoms with van der Waals surface area (Å²) >= 11 is 0. The van der Waals surface area contributed by atoms with E-state index in [4.69, 9.17) is 4.74 Å². The van der Waals surface area contributed by atoms with Crippen LogP contribution in [-0.4, -0.2) is 46.1 Å². The van der Waals surface area contributed by atoms with Gasteiger partial charge in [0.2, 0.25) is 0 Å². The van der Waals surface area contributed by atoms with Crippen LogP contribution in [0.4, 0.5) is 4.39 Å². The number of rotatable bonds is 1. The molecule has 0 unspecified atom stereocenters. The Bertz CT molecular complexity index is 750. The molecule has 1 amide bonds. The predicted octanol–water partition coefficient (Wildman–Crippen LogP) is 2.55. The number of morpholine rings is 1. The van der Waals surface area contributed by atoms with Crippen LogP contribution in [0.15, 0.2) is 24.5 Å². The zero-order valence-electron chi connectivity index (χ0n) is 12.7. The second-order valence-corrected chi connectivity index (χ2v) is 6.14. The van der Waals surface area contributed by atoms with Crippen LogP contribution in [0.3, 0.4) is 0 Å². The highest BCUT2D eigenvalue weighted by Crippen LogP contribution is 2.30. The minimum absolute atomic E-state index is 0.0574. The van der Waals surface area contributed by atoms with Crippen molar-refractivity contribution in [2.24, 2.45) is 0 Å². The third-order valence-electron chi connectivity index (χ3n) is 4.78. The van der Waals surface area contributed by atoms with Crippen LogP contribution in [0.2, 0.25) is 0 Å². The lowest BCUT2D eigenvalue weighted by atomic mass is 9.89. The minimum atomic E-state index is -0.540. The highest BCUT2D eigenvalue weighted by atomic mass is 19.1. The summed E-state index contributed by atoms with van der Waals surface area (Å²) in [5.41, 5.74) is 1.06. The van der Waals surface area contributed by atoms with E-state index in [0.29, 0.717) is 24.2 Å². The van der Waals surface area contributed by atoms with Crippen molar-refractivity contribution in [3.63, 3.8) is 0 Å². The van der Waals surface area contributed by atoms with Crippen LogP contribution in [-0.2, 0) is 4.74 Å². The van der Waals surface area contributed by atoms with E-state index in [9.17, 15) is 9.18 Å². The number of halogens is 1. The van der Waals surface area contributed by atoms with Gasteiger partial charge in [-0.2, -0.15) is 0 Å². The zero-order valence-corrected chi connectivity index (χ0v) is 12.7. The number of hydrogen-bond donors (Lipinski definition) is 0. The number of fused-ring (bicyclic) bond motifs is 2. The number of ether oxygens (including phenoxy) is 1. The second-order valence-electron chi connectivity index (χ2n) is 6.14. The number of benzene rings is 1. The van der Waals surface area contributed by atoms with Crippen molar-refractivity contribution in [1.29, 1.82) is 0 Å². The van der Waals surface area contributed by atoms with Gasteiger partial charge in [0.1, 0.15) is 5.82 Å². The molecule has 1 aromatic heterocycles. The van der Waals surface area contributed by atoms with Gasteiger partial charge in [-0.15, -0.1) is 0 Å².